The Morgan fingerprint density at radius 3 is 2.80 bits per heavy atom. The summed E-state index contributed by atoms with van der Waals surface area (Å²) in [6.45, 7) is 1.71. The summed E-state index contributed by atoms with van der Waals surface area (Å²) in [6.07, 6.45) is 0.856. The zero-order chi connectivity index (χ0) is 20.8. The highest BCUT2D eigenvalue weighted by Gasteiger charge is 2.27. The van der Waals surface area contributed by atoms with Crippen LogP contribution < -0.4 is 5.32 Å². The molecule has 0 atom stereocenters. The lowest BCUT2D eigenvalue weighted by Crippen LogP contribution is -2.25. The predicted octanol–water partition coefficient (Wildman–Crippen LogP) is 5.54. The highest BCUT2D eigenvalue weighted by atomic mass is 32.1. The molecule has 3 heterocycles. The number of aromatic nitrogens is 1. The number of hydrogen-bond donors (Lipinski definition) is 1. The van der Waals surface area contributed by atoms with Crippen molar-refractivity contribution in [2.24, 2.45) is 0 Å². The van der Waals surface area contributed by atoms with E-state index in [4.69, 9.17) is 4.98 Å². The van der Waals surface area contributed by atoms with Crippen LogP contribution in [0.5, 0.6) is 0 Å². The van der Waals surface area contributed by atoms with Crippen LogP contribution in [0.1, 0.15) is 20.8 Å². The van der Waals surface area contributed by atoms with Crippen molar-refractivity contribution < 1.29 is 13.6 Å². The lowest BCUT2D eigenvalue weighted by molar-refractivity contribution is 0.102. The van der Waals surface area contributed by atoms with Crippen molar-refractivity contribution in [3.63, 3.8) is 0 Å². The lowest BCUT2D eigenvalue weighted by Gasteiger charge is -2.22. The number of amides is 1. The van der Waals surface area contributed by atoms with E-state index in [9.17, 15) is 13.6 Å². The average molecular weight is 442 g/mol. The molecule has 8 heteroatoms. The second kappa shape index (κ2) is 7.54. The number of halogens is 2. The summed E-state index contributed by atoms with van der Waals surface area (Å²) in [6, 6.07) is 10.9. The average Bonchev–Trinajstić information content (AvgIpc) is 3.27. The number of para-hydroxylation sites is 1. The topological polar surface area (TPSA) is 45.2 Å². The summed E-state index contributed by atoms with van der Waals surface area (Å²) in [5.41, 5.74) is 2.83. The van der Waals surface area contributed by atoms with Gasteiger partial charge in [0, 0.05) is 29.6 Å². The first-order chi connectivity index (χ1) is 14.5. The van der Waals surface area contributed by atoms with Crippen LogP contribution in [0.4, 0.5) is 13.8 Å². The molecule has 152 valence electrons. The van der Waals surface area contributed by atoms with Gasteiger partial charge < -0.3 is 10.2 Å². The molecule has 2 aromatic carbocycles. The maximum absolute atomic E-state index is 14.1. The third-order valence-electron chi connectivity index (χ3n) is 5.16. The monoisotopic (exact) mass is 441 g/mol. The van der Waals surface area contributed by atoms with Gasteiger partial charge in [-0.25, -0.2) is 13.8 Å². The molecule has 0 aliphatic carbocycles. The molecule has 0 spiro atoms. The molecular formula is C22H17F2N3OS2. The minimum absolute atomic E-state index is 0.185. The summed E-state index contributed by atoms with van der Waals surface area (Å²) in [5, 5.41) is 4.36. The maximum atomic E-state index is 14.1. The van der Waals surface area contributed by atoms with Crippen molar-refractivity contribution in [3.05, 3.63) is 70.1 Å². The van der Waals surface area contributed by atoms with Gasteiger partial charge in [-0.2, -0.15) is 0 Å². The number of likely N-dealkylation sites (N-methyl/N-ethyl adjacent to an activating group) is 1. The molecule has 1 N–H and O–H groups in total. The molecule has 0 saturated carbocycles. The molecule has 5 rings (SSSR count). The molecule has 0 unspecified atom stereocenters. The number of thiazole rings is 1. The zero-order valence-corrected chi connectivity index (χ0v) is 17.7. The second-order valence-corrected chi connectivity index (χ2v) is 9.40. The summed E-state index contributed by atoms with van der Waals surface area (Å²) in [4.78, 5) is 21.0. The Balaban J connectivity index is 1.60. The SMILES string of the molecule is CN1CCc2c(sc(NC(=O)c3ccc(F)cc3F)c2-c2nc3ccccc3s2)C1. The third kappa shape index (κ3) is 3.40. The first-order valence-electron chi connectivity index (χ1n) is 9.45. The van der Waals surface area contributed by atoms with Crippen LogP contribution >= 0.6 is 22.7 Å². The van der Waals surface area contributed by atoms with Crippen LogP contribution in [-0.2, 0) is 13.0 Å². The first kappa shape index (κ1) is 19.3. The molecule has 30 heavy (non-hydrogen) atoms. The second-order valence-electron chi connectivity index (χ2n) is 7.26. The third-order valence-corrected chi connectivity index (χ3v) is 7.34. The van der Waals surface area contributed by atoms with Gasteiger partial charge in [0.05, 0.1) is 15.8 Å². The van der Waals surface area contributed by atoms with E-state index < -0.39 is 17.5 Å². The fourth-order valence-electron chi connectivity index (χ4n) is 3.67. The van der Waals surface area contributed by atoms with Crippen molar-refractivity contribution in [2.45, 2.75) is 13.0 Å². The highest BCUT2D eigenvalue weighted by Crippen LogP contribution is 2.45. The van der Waals surface area contributed by atoms with Crippen molar-refractivity contribution in [2.75, 3.05) is 18.9 Å². The Morgan fingerprint density at radius 2 is 2.00 bits per heavy atom. The van der Waals surface area contributed by atoms with Gasteiger partial charge in [0.1, 0.15) is 21.6 Å². The fraction of sp³-hybridized carbons (Fsp3) is 0.182. The number of carbonyl (C=O) groups is 1. The summed E-state index contributed by atoms with van der Waals surface area (Å²) < 4.78 is 28.4. The van der Waals surface area contributed by atoms with E-state index in [2.05, 4.69) is 17.3 Å². The summed E-state index contributed by atoms with van der Waals surface area (Å²) in [5.74, 6) is -2.19. The smallest absolute Gasteiger partial charge is 0.259 e. The van der Waals surface area contributed by atoms with Gasteiger partial charge in [-0.15, -0.1) is 22.7 Å². The number of rotatable bonds is 3. The molecule has 1 aliphatic heterocycles. The van der Waals surface area contributed by atoms with Gasteiger partial charge in [0.25, 0.3) is 5.91 Å². The van der Waals surface area contributed by atoms with Gasteiger partial charge in [0.15, 0.2) is 0 Å². The molecule has 4 aromatic rings. The minimum Gasteiger partial charge on any atom is -0.313 e. The highest BCUT2D eigenvalue weighted by molar-refractivity contribution is 7.23. The Hall–Kier alpha value is -2.68. The Labute approximate surface area is 179 Å². The lowest BCUT2D eigenvalue weighted by atomic mass is 10.0. The molecule has 4 nitrogen and oxygen atoms in total. The quantitative estimate of drug-likeness (QED) is 0.454. The normalized spacial score (nSPS) is 14.1. The number of hydrogen-bond acceptors (Lipinski definition) is 5. The van der Waals surface area contributed by atoms with E-state index in [1.165, 1.54) is 27.8 Å². The number of anilines is 1. The van der Waals surface area contributed by atoms with E-state index in [0.29, 0.717) is 5.00 Å². The largest absolute Gasteiger partial charge is 0.313 e. The van der Waals surface area contributed by atoms with Gasteiger partial charge in [-0.05, 0) is 43.3 Å². The Kier molecular flexibility index (Phi) is 4.85. The van der Waals surface area contributed by atoms with Crippen LogP contribution in [-0.4, -0.2) is 29.4 Å². The van der Waals surface area contributed by atoms with Gasteiger partial charge in [-0.1, -0.05) is 12.1 Å². The molecule has 0 bridgehead atoms. The molecule has 1 aliphatic rings. The molecule has 1 amide bonds. The number of carbonyl (C=O) groups excluding carboxylic acids is 1. The number of thiophene rings is 1. The summed E-state index contributed by atoms with van der Waals surface area (Å²) >= 11 is 3.08. The van der Waals surface area contributed by atoms with E-state index in [0.717, 1.165) is 52.4 Å². The van der Waals surface area contributed by atoms with Crippen LogP contribution in [0.2, 0.25) is 0 Å². The number of nitrogens with one attached hydrogen (secondary N) is 1. The molecule has 0 radical (unpaired) electrons. The van der Waals surface area contributed by atoms with E-state index in [1.807, 2.05) is 24.3 Å². The minimum atomic E-state index is -0.880. The van der Waals surface area contributed by atoms with Crippen LogP contribution in [0.15, 0.2) is 42.5 Å². The molecular weight excluding hydrogens is 424 g/mol. The van der Waals surface area contributed by atoms with E-state index in [1.54, 1.807) is 11.3 Å². The fourth-order valence-corrected chi connectivity index (χ4v) is 6.10. The van der Waals surface area contributed by atoms with Crippen molar-refractivity contribution in [1.29, 1.82) is 0 Å². The van der Waals surface area contributed by atoms with Crippen LogP contribution in [0.3, 0.4) is 0 Å². The van der Waals surface area contributed by atoms with Crippen molar-refractivity contribution in [1.82, 2.24) is 9.88 Å². The number of fused-ring (bicyclic) bond motifs is 2. The zero-order valence-electron chi connectivity index (χ0n) is 16.0. The van der Waals surface area contributed by atoms with E-state index in [-0.39, 0.29) is 5.56 Å². The Bertz CT molecular complexity index is 1250. The Morgan fingerprint density at radius 1 is 1.17 bits per heavy atom. The van der Waals surface area contributed by atoms with Gasteiger partial charge in [0.2, 0.25) is 0 Å². The van der Waals surface area contributed by atoms with Crippen molar-refractivity contribution >= 4 is 43.8 Å². The number of nitrogens with zero attached hydrogens (tertiary/aromatic N) is 2. The van der Waals surface area contributed by atoms with E-state index >= 15 is 0 Å². The molecule has 2 aromatic heterocycles. The first-order valence-corrected chi connectivity index (χ1v) is 11.1. The standard InChI is InChI=1S/C22H17F2N3OS2/c1-27-9-8-14-18(11-27)30-22(26-20(28)13-7-6-12(23)10-15(13)24)19(14)21-25-16-4-2-3-5-17(16)29-21/h2-7,10H,8-9,11H2,1H3,(H,26,28). The molecule has 0 saturated heterocycles. The summed E-state index contributed by atoms with van der Waals surface area (Å²) in [7, 11) is 2.06. The molecule has 0 fully saturated rings. The van der Waals surface area contributed by atoms with Gasteiger partial charge in [-0.3, -0.25) is 4.79 Å². The van der Waals surface area contributed by atoms with Crippen molar-refractivity contribution in [3.8, 4) is 10.6 Å². The predicted molar refractivity (Wildman–Crippen MR) is 117 cm³/mol. The number of benzene rings is 2. The van der Waals surface area contributed by atoms with Gasteiger partial charge >= 0.3 is 0 Å². The maximum Gasteiger partial charge on any atom is 0.259 e. The van der Waals surface area contributed by atoms with Crippen LogP contribution in [0.25, 0.3) is 20.8 Å². The van der Waals surface area contributed by atoms with Crippen LogP contribution in [0, 0.1) is 11.6 Å².